The smallest absolute Gasteiger partial charge is 0.274 e. The minimum absolute atomic E-state index is 0.222. The molecule has 0 bridgehead atoms. The van der Waals surface area contributed by atoms with E-state index in [1.807, 2.05) is 11.5 Å². The first-order valence-electron chi connectivity index (χ1n) is 5.55. The SMILES string of the molecule is CCn1cnnc1CNC(=O)c1nn(C)cc1N. The van der Waals surface area contributed by atoms with Crippen LogP contribution in [0.25, 0.3) is 0 Å². The monoisotopic (exact) mass is 249 g/mol. The third kappa shape index (κ3) is 2.31. The van der Waals surface area contributed by atoms with Crippen LogP contribution in [0.4, 0.5) is 5.69 Å². The molecule has 96 valence electrons. The molecule has 8 nitrogen and oxygen atoms in total. The number of nitrogens with two attached hydrogens (primary N) is 1. The summed E-state index contributed by atoms with van der Waals surface area (Å²) in [5, 5.41) is 14.4. The number of carbonyl (C=O) groups excluding carboxylic acids is 1. The van der Waals surface area contributed by atoms with Gasteiger partial charge in [-0.3, -0.25) is 9.48 Å². The highest BCUT2D eigenvalue weighted by molar-refractivity contribution is 5.96. The Hall–Kier alpha value is -2.38. The third-order valence-corrected chi connectivity index (χ3v) is 2.52. The van der Waals surface area contributed by atoms with Gasteiger partial charge >= 0.3 is 0 Å². The zero-order valence-corrected chi connectivity index (χ0v) is 10.3. The van der Waals surface area contributed by atoms with Gasteiger partial charge in [0.2, 0.25) is 0 Å². The Morgan fingerprint density at radius 1 is 1.56 bits per heavy atom. The Morgan fingerprint density at radius 2 is 2.33 bits per heavy atom. The number of carbonyl (C=O) groups is 1. The van der Waals surface area contributed by atoms with Crippen molar-refractivity contribution in [2.24, 2.45) is 7.05 Å². The molecule has 8 heteroatoms. The van der Waals surface area contributed by atoms with E-state index >= 15 is 0 Å². The van der Waals surface area contributed by atoms with Gasteiger partial charge in [0.15, 0.2) is 11.5 Å². The van der Waals surface area contributed by atoms with Crippen LogP contribution in [0.5, 0.6) is 0 Å². The topological polar surface area (TPSA) is 104 Å². The summed E-state index contributed by atoms with van der Waals surface area (Å²) in [5.41, 5.74) is 6.25. The summed E-state index contributed by atoms with van der Waals surface area (Å²) in [5.74, 6) is 0.374. The van der Waals surface area contributed by atoms with Crippen LogP contribution in [-0.2, 0) is 20.1 Å². The predicted octanol–water partition coefficient (Wildman–Crippen LogP) is -0.456. The molecule has 0 aromatic carbocycles. The van der Waals surface area contributed by atoms with Crippen molar-refractivity contribution in [3.8, 4) is 0 Å². The van der Waals surface area contributed by atoms with Crippen molar-refractivity contribution in [2.45, 2.75) is 20.0 Å². The molecule has 2 aromatic rings. The van der Waals surface area contributed by atoms with E-state index in [0.717, 1.165) is 6.54 Å². The molecule has 0 fully saturated rings. The Balaban J connectivity index is 2.03. The molecular formula is C10H15N7O. The van der Waals surface area contributed by atoms with E-state index in [-0.39, 0.29) is 11.6 Å². The largest absolute Gasteiger partial charge is 0.396 e. The van der Waals surface area contributed by atoms with Crippen LogP contribution in [0.1, 0.15) is 23.2 Å². The average Bonchev–Trinajstić information content (AvgIpc) is 2.92. The second-order valence-electron chi connectivity index (χ2n) is 3.82. The lowest BCUT2D eigenvalue weighted by Crippen LogP contribution is -2.26. The van der Waals surface area contributed by atoms with Crippen molar-refractivity contribution in [3.05, 3.63) is 24.0 Å². The highest BCUT2D eigenvalue weighted by atomic mass is 16.2. The maximum Gasteiger partial charge on any atom is 0.274 e. The molecule has 0 radical (unpaired) electrons. The third-order valence-electron chi connectivity index (χ3n) is 2.52. The fraction of sp³-hybridized carbons (Fsp3) is 0.400. The lowest BCUT2D eigenvalue weighted by Gasteiger charge is -2.04. The van der Waals surface area contributed by atoms with Gasteiger partial charge in [-0.05, 0) is 6.92 Å². The number of nitrogens with zero attached hydrogens (tertiary/aromatic N) is 5. The standard InChI is InChI=1S/C10H15N7O/c1-3-17-6-13-14-8(17)4-12-10(18)9-7(11)5-16(2)15-9/h5-6H,3-4,11H2,1-2H3,(H,12,18). The molecule has 0 aliphatic rings. The van der Waals surface area contributed by atoms with Crippen LogP contribution in [0, 0.1) is 0 Å². The fourth-order valence-corrected chi connectivity index (χ4v) is 1.61. The highest BCUT2D eigenvalue weighted by Crippen LogP contribution is 2.07. The molecule has 3 N–H and O–H groups in total. The van der Waals surface area contributed by atoms with Crippen LogP contribution in [-0.4, -0.2) is 30.5 Å². The van der Waals surface area contributed by atoms with E-state index in [0.29, 0.717) is 18.1 Å². The zero-order valence-electron chi connectivity index (χ0n) is 10.3. The van der Waals surface area contributed by atoms with E-state index in [2.05, 4.69) is 20.6 Å². The van der Waals surface area contributed by atoms with Crippen molar-refractivity contribution >= 4 is 11.6 Å². The molecule has 2 heterocycles. The Morgan fingerprint density at radius 3 is 2.94 bits per heavy atom. The van der Waals surface area contributed by atoms with E-state index in [1.54, 1.807) is 19.6 Å². The summed E-state index contributed by atoms with van der Waals surface area (Å²) in [6.07, 6.45) is 3.21. The van der Waals surface area contributed by atoms with E-state index in [4.69, 9.17) is 5.73 Å². The van der Waals surface area contributed by atoms with Gasteiger partial charge in [-0.25, -0.2) is 0 Å². The number of anilines is 1. The first-order chi connectivity index (χ1) is 8.61. The van der Waals surface area contributed by atoms with Crippen LogP contribution >= 0.6 is 0 Å². The second-order valence-corrected chi connectivity index (χ2v) is 3.82. The normalized spacial score (nSPS) is 10.6. The van der Waals surface area contributed by atoms with Crippen LogP contribution < -0.4 is 11.1 Å². The van der Waals surface area contributed by atoms with E-state index in [9.17, 15) is 4.79 Å². The lowest BCUT2D eigenvalue weighted by atomic mass is 10.3. The molecule has 0 aliphatic carbocycles. The number of hydrogen-bond acceptors (Lipinski definition) is 5. The van der Waals surface area contributed by atoms with Gasteiger partial charge in [-0.1, -0.05) is 0 Å². The molecule has 2 aromatic heterocycles. The van der Waals surface area contributed by atoms with Crippen molar-refractivity contribution in [3.63, 3.8) is 0 Å². The summed E-state index contributed by atoms with van der Waals surface area (Å²) in [4.78, 5) is 11.8. The molecule has 0 saturated carbocycles. The molecular weight excluding hydrogens is 234 g/mol. The second kappa shape index (κ2) is 4.86. The van der Waals surface area contributed by atoms with Gasteiger partial charge in [0.25, 0.3) is 5.91 Å². The number of nitrogen functional groups attached to an aromatic ring is 1. The Kier molecular flexibility index (Phi) is 3.26. The highest BCUT2D eigenvalue weighted by Gasteiger charge is 2.14. The summed E-state index contributed by atoms with van der Waals surface area (Å²) in [7, 11) is 1.71. The van der Waals surface area contributed by atoms with Crippen LogP contribution in [0.2, 0.25) is 0 Å². The zero-order chi connectivity index (χ0) is 13.1. The lowest BCUT2D eigenvalue weighted by molar-refractivity contribution is 0.0944. The van der Waals surface area contributed by atoms with E-state index < -0.39 is 0 Å². The van der Waals surface area contributed by atoms with Gasteiger partial charge in [0.1, 0.15) is 6.33 Å². The van der Waals surface area contributed by atoms with Gasteiger partial charge in [-0.2, -0.15) is 5.10 Å². The van der Waals surface area contributed by atoms with Gasteiger partial charge in [-0.15, -0.1) is 10.2 Å². The first-order valence-corrected chi connectivity index (χ1v) is 5.55. The summed E-state index contributed by atoms with van der Waals surface area (Å²) >= 11 is 0. The molecule has 0 spiro atoms. The number of aryl methyl sites for hydroxylation is 2. The molecule has 0 atom stereocenters. The van der Waals surface area contributed by atoms with Gasteiger partial charge in [0.05, 0.1) is 12.2 Å². The van der Waals surface area contributed by atoms with Crippen molar-refractivity contribution in [2.75, 3.05) is 5.73 Å². The number of hydrogen-bond donors (Lipinski definition) is 2. The Labute approximate surface area is 104 Å². The fourth-order valence-electron chi connectivity index (χ4n) is 1.61. The molecule has 0 saturated heterocycles. The van der Waals surface area contributed by atoms with Crippen LogP contribution in [0.15, 0.2) is 12.5 Å². The molecule has 0 unspecified atom stereocenters. The van der Waals surface area contributed by atoms with Crippen molar-refractivity contribution in [1.29, 1.82) is 0 Å². The van der Waals surface area contributed by atoms with Gasteiger partial charge in [0, 0.05) is 19.8 Å². The molecule has 2 rings (SSSR count). The Bertz CT molecular complexity index is 556. The number of nitrogens with one attached hydrogen (secondary N) is 1. The van der Waals surface area contributed by atoms with Gasteiger partial charge < -0.3 is 15.6 Å². The molecule has 0 aliphatic heterocycles. The maximum atomic E-state index is 11.8. The summed E-state index contributed by atoms with van der Waals surface area (Å²) in [6.45, 7) is 3.03. The summed E-state index contributed by atoms with van der Waals surface area (Å²) < 4.78 is 3.35. The molecule has 1 amide bonds. The molecule has 18 heavy (non-hydrogen) atoms. The first kappa shape index (κ1) is 12.1. The van der Waals surface area contributed by atoms with Crippen LogP contribution in [0.3, 0.4) is 0 Å². The maximum absolute atomic E-state index is 11.8. The minimum atomic E-state index is -0.321. The number of rotatable bonds is 4. The summed E-state index contributed by atoms with van der Waals surface area (Å²) in [6, 6.07) is 0. The predicted molar refractivity (Wildman–Crippen MR) is 64.5 cm³/mol. The number of amides is 1. The number of aromatic nitrogens is 5. The average molecular weight is 249 g/mol. The quantitative estimate of drug-likeness (QED) is 0.763. The van der Waals surface area contributed by atoms with Crippen molar-refractivity contribution < 1.29 is 4.79 Å². The van der Waals surface area contributed by atoms with Crippen molar-refractivity contribution in [1.82, 2.24) is 29.9 Å². The van der Waals surface area contributed by atoms with E-state index in [1.165, 1.54) is 4.68 Å². The minimum Gasteiger partial charge on any atom is -0.396 e.